The minimum atomic E-state index is 0.0836. The van der Waals surface area contributed by atoms with Crippen molar-refractivity contribution in [1.29, 1.82) is 0 Å². The molecule has 7 rings (SSSR count). The molecule has 0 aliphatic heterocycles. The van der Waals surface area contributed by atoms with Crippen molar-refractivity contribution in [2.45, 2.75) is 77.5 Å². The topological polar surface area (TPSA) is 134 Å². The Kier molecular flexibility index (Phi) is 16.1. The van der Waals surface area contributed by atoms with Gasteiger partial charge in [-0.25, -0.2) is 0 Å². The van der Waals surface area contributed by atoms with E-state index in [1.54, 1.807) is 0 Å². The fraction of sp³-hybridized carbons (Fsp3) is 0.333. The van der Waals surface area contributed by atoms with Gasteiger partial charge in [0.15, 0.2) is 0 Å². The molecule has 0 aromatic heterocycles. The van der Waals surface area contributed by atoms with Gasteiger partial charge in [0.1, 0.15) is 34.5 Å². The van der Waals surface area contributed by atoms with Crippen LogP contribution in [0.5, 0.6) is 34.5 Å². The molecule has 6 N–H and O–H groups in total. The molecule has 0 spiro atoms. The van der Waals surface area contributed by atoms with Crippen molar-refractivity contribution in [3.63, 3.8) is 0 Å². The summed E-state index contributed by atoms with van der Waals surface area (Å²) in [4.78, 5) is 8.28. The quantitative estimate of drug-likeness (QED) is 0.0659. The standard InChI is InChI=1S/C60H72N4O6/c1-11-13-37-15-43-27-47-19-39(33-61(3)4)23-51(57(47)67)31-53-25-41(35-63(7)8)21-49(59(53)69)29-45-17-38(14-12-2)18-46(56(45)66)30-50-22-42(36-64(9)10)26-54(60(50)70)32-52-24-40(34-62(5)6)20-48(58(52)68)28-44(16-37)55(43)65/h11-12,15-26,65-70H,1-2,13-14,27-36H2,3-10H3. The maximum atomic E-state index is 12.3. The van der Waals surface area contributed by atoms with Crippen LogP contribution >= 0.6 is 0 Å². The Labute approximate surface area is 415 Å². The van der Waals surface area contributed by atoms with Crippen molar-refractivity contribution in [1.82, 2.24) is 19.6 Å². The molecule has 0 saturated heterocycles. The molecule has 0 amide bonds. The first-order chi connectivity index (χ1) is 33.3. The molecule has 1 aliphatic carbocycles. The number of aromatic hydroxyl groups is 6. The third-order valence-corrected chi connectivity index (χ3v) is 13.0. The van der Waals surface area contributed by atoms with Crippen molar-refractivity contribution >= 4 is 0 Å². The number of hydrogen-bond donors (Lipinski definition) is 6. The Bertz CT molecular complexity index is 2540. The van der Waals surface area contributed by atoms with Crippen LogP contribution in [-0.4, -0.2) is 107 Å². The molecule has 0 radical (unpaired) electrons. The highest BCUT2D eigenvalue weighted by atomic mass is 16.3. The van der Waals surface area contributed by atoms with Crippen LogP contribution in [0.15, 0.2) is 98.1 Å². The zero-order chi connectivity index (χ0) is 50.6. The van der Waals surface area contributed by atoms with Crippen molar-refractivity contribution in [2.75, 3.05) is 56.4 Å². The molecule has 12 bridgehead atoms. The molecule has 10 nitrogen and oxygen atoms in total. The zero-order valence-corrected chi connectivity index (χ0v) is 42.5. The predicted molar refractivity (Wildman–Crippen MR) is 283 cm³/mol. The van der Waals surface area contributed by atoms with Gasteiger partial charge in [-0.3, -0.25) is 0 Å². The highest BCUT2D eigenvalue weighted by molar-refractivity contribution is 5.59. The average molecular weight is 945 g/mol. The van der Waals surface area contributed by atoms with Crippen LogP contribution in [0.2, 0.25) is 0 Å². The van der Waals surface area contributed by atoms with Crippen LogP contribution in [0.25, 0.3) is 0 Å². The molecule has 70 heavy (non-hydrogen) atoms. The summed E-state index contributed by atoms with van der Waals surface area (Å²) in [6.45, 7) is 10.4. The van der Waals surface area contributed by atoms with E-state index in [1.807, 2.05) is 141 Å². The number of phenols is 6. The predicted octanol–water partition coefficient (Wildman–Crippen LogP) is 9.48. The highest BCUT2D eigenvalue weighted by Crippen LogP contribution is 2.41. The lowest BCUT2D eigenvalue weighted by Gasteiger charge is -2.21. The smallest absolute Gasteiger partial charge is 0.122 e. The highest BCUT2D eigenvalue weighted by Gasteiger charge is 2.24. The van der Waals surface area contributed by atoms with E-state index in [4.69, 9.17) is 0 Å². The lowest BCUT2D eigenvalue weighted by molar-refractivity contribution is 0.400. The second-order valence-corrected chi connectivity index (χ2v) is 20.6. The van der Waals surface area contributed by atoms with Gasteiger partial charge in [0.05, 0.1) is 0 Å². The molecule has 0 saturated carbocycles. The SMILES string of the molecule is C=CCc1cc2c(O)c(c1)Cc1cc(CN(C)C)cc(c1O)Cc1cc(CN(C)C)cc(c1O)Cc1cc(CC=C)cc(c1O)Cc1cc(CN(C)C)cc(c1O)Cc1cc(CN(C)C)cc(c1O)C2. The van der Waals surface area contributed by atoms with Gasteiger partial charge in [0.25, 0.3) is 0 Å². The Morgan fingerprint density at radius 1 is 0.300 bits per heavy atom. The molecule has 0 heterocycles. The minimum absolute atomic E-state index is 0.0836. The number of fused-ring (bicyclic) bond motifs is 12. The third kappa shape index (κ3) is 12.2. The summed E-state index contributed by atoms with van der Waals surface area (Å²) in [7, 11) is 16.0. The Hall–Kier alpha value is -6.56. The molecule has 0 fully saturated rings. The summed E-state index contributed by atoms with van der Waals surface area (Å²) >= 11 is 0. The average Bonchev–Trinajstić information content (AvgIpc) is 3.26. The van der Waals surface area contributed by atoms with Gasteiger partial charge in [-0.1, -0.05) is 84.9 Å². The zero-order valence-electron chi connectivity index (χ0n) is 42.5. The molecular formula is C60H72N4O6. The molecule has 368 valence electrons. The van der Waals surface area contributed by atoms with E-state index in [1.165, 1.54) is 0 Å². The maximum Gasteiger partial charge on any atom is 0.122 e. The Morgan fingerprint density at radius 3 is 0.571 bits per heavy atom. The van der Waals surface area contributed by atoms with Gasteiger partial charge in [0, 0.05) is 64.7 Å². The van der Waals surface area contributed by atoms with Gasteiger partial charge in [-0.05, 0) is 169 Å². The van der Waals surface area contributed by atoms with Crippen LogP contribution < -0.4 is 0 Å². The summed E-state index contributed by atoms with van der Waals surface area (Å²) < 4.78 is 0. The number of rotatable bonds is 12. The maximum absolute atomic E-state index is 12.3. The van der Waals surface area contributed by atoms with E-state index in [0.717, 1.165) is 33.4 Å². The van der Waals surface area contributed by atoms with E-state index in [-0.39, 0.29) is 73.0 Å². The van der Waals surface area contributed by atoms with Crippen LogP contribution in [0, 0.1) is 0 Å². The molecular weight excluding hydrogens is 873 g/mol. The fourth-order valence-corrected chi connectivity index (χ4v) is 10.2. The molecule has 6 aromatic rings. The van der Waals surface area contributed by atoms with Crippen LogP contribution in [-0.2, 0) is 77.5 Å². The second-order valence-electron chi connectivity index (χ2n) is 20.6. The summed E-state index contributed by atoms with van der Waals surface area (Å²) in [5.41, 5.74) is 13.3. The minimum Gasteiger partial charge on any atom is -0.507 e. The lowest BCUT2D eigenvalue weighted by Crippen LogP contribution is -2.12. The van der Waals surface area contributed by atoms with E-state index in [9.17, 15) is 30.6 Å². The monoisotopic (exact) mass is 945 g/mol. The fourth-order valence-electron chi connectivity index (χ4n) is 10.2. The van der Waals surface area contributed by atoms with Gasteiger partial charge in [-0.2, -0.15) is 0 Å². The van der Waals surface area contributed by atoms with Crippen LogP contribution in [0.4, 0.5) is 0 Å². The second kappa shape index (κ2) is 22.0. The Morgan fingerprint density at radius 2 is 0.443 bits per heavy atom. The van der Waals surface area contributed by atoms with E-state index >= 15 is 0 Å². The van der Waals surface area contributed by atoms with Crippen molar-refractivity contribution in [3.05, 3.63) is 198 Å². The third-order valence-electron chi connectivity index (χ3n) is 13.0. The van der Waals surface area contributed by atoms with Gasteiger partial charge >= 0.3 is 0 Å². The first kappa shape index (κ1) is 51.3. The molecule has 0 atom stereocenters. The van der Waals surface area contributed by atoms with E-state index in [2.05, 4.69) is 32.8 Å². The first-order valence-electron chi connectivity index (χ1n) is 24.1. The summed E-state index contributed by atoms with van der Waals surface area (Å²) in [6, 6.07) is 23.8. The molecule has 0 unspecified atom stereocenters. The van der Waals surface area contributed by atoms with Crippen LogP contribution in [0.3, 0.4) is 0 Å². The van der Waals surface area contributed by atoms with Gasteiger partial charge in [-0.15, -0.1) is 13.2 Å². The first-order valence-corrected chi connectivity index (χ1v) is 24.1. The number of phenolic OH excluding ortho intramolecular Hbond substituents is 6. The Balaban J connectivity index is 1.51. The van der Waals surface area contributed by atoms with E-state index in [0.29, 0.717) is 106 Å². The lowest BCUT2D eigenvalue weighted by atomic mass is 9.88. The number of hydrogen-bond acceptors (Lipinski definition) is 10. The summed E-state index contributed by atoms with van der Waals surface area (Å²) in [5, 5.41) is 73.7. The van der Waals surface area contributed by atoms with Crippen LogP contribution in [0.1, 0.15) is 100 Å². The van der Waals surface area contributed by atoms with Crippen molar-refractivity contribution in [3.8, 4) is 34.5 Å². The normalized spacial score (nSPS) is 13.0. The molecule has 6 aromatic carbocycles. The molecule has 10 heteroatoms. The van der Waals surface area contributed by atoms with E-state index < -0.39 is 0 Å². The van der Waals surface area contributed by atoms with Crippen molar-refractivity contribution in [2.24, 2.45) is 0 Å². The summed E-state index contributed by atoms with van der Waals surface area (Å²) in [6.07, 6.45) is 6.05. The van der Waals surface area contributed by atoms with Crippen molar-refractivity contribution < 1.29 is 30.6 Å². The number of nitrogens with zero attached hydrogens (tertiary/aromatic N) is 4. The molecule has 1 aliphatic rings. The number of allylic oxidation sites excluding steroid dienone is 2. The number of benzene rings is 6. The van der Waals surface area contributed by atoms with Gasteiger partial charge < -0.3 is 50.2 Å². The summed E-state index contributed by atoms with van der Waals surface area (Å²) in [5.74, 6) is 0.516. The van der Waals surface area contributed by atoms with Gasteiger partial charge in [0.2, 0.25) is 0 Å². The largest absolute Gasteiger partial charge is 0.507 e.